The highest BCUT2D eigenvalue weighted by atomic mass is 16.5. The van der Waals surface area contributed by atoms with Crippen LogP contribution in [0.2, 0.25) is 0 Å². The smallest absolute Gasteiger partial charge is 0.315 e. The van der Waals surface area contributed by atoms with Crippen molar-refractivity contribution in [1.29, 1.82) is 0 Å². The maximum absolute atomic E-state index is 11.8. The van der Waals surface area contributed by atoms with Gasteiger partial charge in [-0.1, -0.05) is 29.8 Å². The normalized spacial score (nSPS) is 22.2. The monoisotopic (exact) mass is 264 g/mol. The lowest BCUT2D eigenvalue weighted by atomic mass is 10.1. The number of carbonyl (C=O) groups is 1. The van der Waals surface area contributed by atoms with Gasteiger partial charge in [0.15, 0.2) is 0 Å². The standard InChI is InChI=1S/C14H20N2O3/c1-10-3-5-11(6-4-10)7-15-14(17)16-12-8-19-9-13(12)18-2/h3-6,12-13H,7-9H2,1-2H3,(H2,15,16,17)/t12-,13-/m0/s1. The topological polar surface area (TPSA) is 59.6 Å². The van der Waals surface area contributed by atoms with E-state index in [1.165, 1.54) is 5.56 Å². The second-order valence-corrected chi connectivity index (χ2v) is 4.73. The number of carbonyl (C=O) groups excluding carboxylic acids is 1. The number of hydrogen-bond donors (Lipinski definition) is 2. The quantitative estimate of drug-likeness (QED) is 0.859. The van der Waals surface area contributed by atoms with Gasteiger partial charge in [-0.15, -0.1) is 0 Å². The molecule has 2 rings (SSSR count). The number of rotatable bonds is 4. The maximum Gasteiger partial charge on any atom is 0.315 e. The van der Waals surface area contributed by atoms with Gasteiger partial charge in [-0.05, 0) is 12.5 Å². The molecule has 1 fully saturated rings. The van der Waals surface area contributed by atoms with Gasteiger partial charge < -0.3 is 20.1 Å². The molecule has 1 aromatic carbocycles. The third-order valence-electron chi connectivity index (χ3n) is 3.22. The summed E-state index contributed by atoms with van der Waals surface area (Å²) in [5, 5.41) is 5.69. The van der Waals surface area contributed by atoms with Crippen molar-refractivity contribution in [3.05, 3.63) is 35.4 Å². The second-order valence-electron chi connectivity index (χ2n) is 4.73. The van der Waals surface area contributed by atoms with E-state index in [4.69, 9.17) is 9.47 Å². The average molecular weight is 264 g/mol. The Bertz CT molecular complexity index is 419. The number of aryl methyl sites for hydroxylation is 1. The van der Waals surface area contributed by atoms with Crippen LogP contribution >= 0.6 is 0 Å². The van der Waals surface area contributed by atoms with Gasteiger partial charge in [-0.3, -0.25) is 0 Å². The van der Waals surface area contributed by atoms with Crippen LogP contribution in [-0.2, 0) is 16.0 Å². The van der Waals surface area contributed by atoms with E-state index in [9.17, 15) is 4.79 Å². The Morgan fingerprint density at radius 3 is 2.79 bits per heavy atom. The van der Waals surface area contributed by atoms with E-state index >= 15 is 0 Å². The first-order valence-corrected chi connectivity index (χ1v) is 6.39. The zero-order valence-corrected chi connectivity index (χ0v) is 11.3. The molecule has 1 aliphatic heterocycles. The van der Waals surface area contributed by atoms with E-state index in [1.807, 2.05) is 31.2 Å². The van der Waals surface area contributed by atoms with Crippen LogP contribution in [-0.4, -0.2) is 38.5 Å². The molecule has 0 saturated carbocycles. The van der Waals surface area contributed by atoms with Crippen molar-refractivity contribution in [2.75, 3.05) is 20.3 Å². The van der Waals surface area contributed by atoms with Gasteiger partial charge in [-0.25, -0.2) is 4.79 Å². The van der Waals surface area contributed by atoms with Gasteiger partial charge in [0.2, 0.25) is 0 Å². The van der Waals surface area contributed by atoms with Crippen molar-refractivity contribution in [2.24, 2.45) is 0 Å². The van der Waals surface area contributed by atoms with E-state index in [2.05, 4.69) is 10.6 Å². The molecule has 1 aromatic rings. The fourth-order valence-corrected chi connectivity index (χ4v) is 2.01. The Morgan fingerprint density at radius 2 is 2.11 bits per heavy atom. The molecule has 1 aliphatic rings. The van der Waals surface area contributed by atoms with Crippen molar-refractivity contribution in [2.45, 2.75) is 25.6 Å². The summed E-state index contributed by atoms with van der Waals surface area (Å²) in [6.45, 7) is 3.57. The number of ether oxygens (including phenoxy) is 2. The largest absolute Gasteiger partial charge is 0.377 e. The van der Waals surface area contributed by atoms with Gasteiger partial charge in [0.1, 0.15) is 6.10 Å². The molecule has 0 aliphatic carbocycles. The Morgan fingerprint density at radius 1 is 1.37 bits per heavy atom. The number of hydrogen-bond acceptors (Lipinski definition) is 3. The third kappa shape index (κ3) is 3.94. The summed E-state index contributed by atoms with van der Waals surface area (Å²) in [6, 6.07) is 7.79. The molecule has 104 valence electrons. The lowest BCUT2D eigenvalue weighted by Gasteiger charge is -2.18. The van der Waals surface area contributed by atoms with Crippen LogP contribution in [0.3, 0.4) is 0 Å². The molecule has 0 bridgehead atoms. The highest BCUT2D eigenvalue weighted by Crippen LogP contribution is 2.08. The number of amides is 2. The van der Waals surface area contributed by atoms with Crippen LogP contribution < -0.4 is 10.6 Å². The SMILES string of the molecule is CO[C@H]1COC[C@@H]1NC(=O)NCc1ccc(C)cc1. The van der Waals surface area contributed by atoms with Gasteiger partial charge in [0.05, 0.1) is 19.3 Å². The Hall–Kier alpha value is -1.59. The van der Waals surface area contributed by atoms with E-state index in [0.29, 0.717) is 19.8 Å². The van der Waals surface area contributed by atoms with E-state index in [1.54, 1.807) is 7.11 Å². The summed E-state index contributed by atoms with van der Waals surface area (Å²) in [6.07, 6.45) is -0.0647. The molecule has 2 amide bonds. The molecular weight excluding hydrogens is 244 g/mol. The van der Waals surface area contributed by atoms with Crippen molar-refractivity contribution in [1.82, 2.24) is 10.6 Å². The summed E-state index contributed by atoms with van der Waals surface area (Å²) in [5.41, 5.74) is 2.28. The first kappa shape index (κ1) is 13.8. The molecule has 19 heavy (non-hydrogen) atoms. The van der Waals surface area contributed by atoms with Gasteiger partial charge >= 0.3 is 6.03 Å². The molecular formula is C14H20N2O3. The zero-order chi connectivity index (χ0) is 13.7. The molecule has 5 heteroatoms. The van der Waals surface area contributed by atoms with Crippen LogP contribution in [0.25, 0.3) is 0 Å². The van der Waals surface area contributed by atoms with Crippen LogP contribution in [0.1, 0.15) is 11.1 Å². The van der Waals surface area contributed by atoms with Crippen LogP contribution in [0, 0.1) is 6.92 Å². The second kappa shape index (κ2) is 6.54. The van der Waals surface area contributed by atoms with Crippen molar-refractivity contribution < 1.29 is 14.3 Å². The maximum atomic E-state index is 11.8. The molecule has 0 radical (unpaired) electrons. The van der Waals surface area contributed by atoms with Gasteiger partial charge in [0.25, 0.3) is 0 Å². The van der Waals surface area contributed by atoms with Crippen molar-refractivity contribution in [3.63, 3.8) is 0 Å². The van der Waals surface area contributed by atoms with E-state index in [-0.39, 0.29) is 18.2 Å². The molecule has 1 heterocycles. The van der Waals surface area contributed by atoms with E-state index in [0.717, 1.165) is 5.56 Å². The first-order valence-electron chi connectivity index (χ1n) is 6.39. The molecule has 2 N–H and O–H groups in total. The Kier molecular flexibility index (Phi) is 4.76. The summed E-state index contributed by atoms with van der Waals surface area (Å²) < 4.78 is 10.5. The highest BCUT2D eigenvalue weighted by molar-refractivity contribution is 5.74. The Balaban J connectivity index is 1.77. The summed E-state index contributed by atoms with van der Waals surface area (Å²) in [4.78, 5) is 11.8. The number of methoxy groups -OCH3 is 1. The van der Waals surface area contributed by atoms with Crippen LogP contribution in [0.15, 0.2) is 24.3 Å². The summed E-state index contributed by atoms with van der Waals surface area (Å²) in [5.74, 6) is 0. The van der Waals surface area contributed by atoms with Crippen LogP contribution in [0.5, 0.6) is 0 Å². The predicted octanol–water partition coefficient (Wildman–Crippen LogP) is 1.21. The minimum Gasteiger partial charge on any atom is -0.377 e. The fourth-order valence-electron chi connectivity index (χ4n) is 2.01. The molecule has 1 saturated heterocycles. The van der Waals surface area contributed by atoms with Gasteiger partial charge in [-0.2, -0.15) is 0 Å². The minimum absolute atomic E-state index is 0.0647. The lowest BCUT2D eigenvalue weighted by molar-refractivity contribution is 0.0745. The van der Waals surface area contributed by atoms with E-state index < -0.39 is 0 Å². The highest BCUT2D eigenvalue weighted by Gasteiger charge is 2.29. The van der Waals surface area contributed by atoms with Crippen molar-refractivity contribution >= 4 is 6.03 Å². The molecule has 0 spiro atoms. The molecule has 5 nitrogen and oxygen atoms in total. The number of benzene rings is 1. The Labute approximate surface area is 113 Å². The third-order valence-corrected chi connectivity index (χ3v) is 3.22. The van der Waals surface area contributed by atoms with Crippen molar-refractivity contribution in [3.8, 4) is 0 Å². The number of nitrogens with one attached hydrogen (secondary N) is 2. The molecule has 2 atom stereocenters. The van der Waals surface area contributed by atoms with Gasteiger partial charge in [0, 0.05) is 13.7 Å². The van der Waals surface area contributed by atoms with Crippen LogP contribution in [0.4, 0.5) is 4.79 Å². The first-order chi connectivity index (χ1) is 9.19. The fraction of sp³-hybridized carbons (Fsp3) is 0.500. The summed E-state index contributed by atoms with van der Waals surface area (Å²) in [7, 11) is 1.62. The molecule has 0 aromatic heterocycles. The summed E-state index contributed by atoms with van der Waals surface area (Å²) >= 11 is 0. The molecule has 0 unspecified atom stereocenters. The zero-order valence-electron chi connectivity index (χ0n) is 11.3. The lowest BCUT2D eigenvalue weighted by Crippen LogP contribution is -2.47. The predicted molar refractivity (Wildman–Crippen MR) is 72.0 cm³/mol. The minimum atomic E-state index is -0.196. The average Bonchev–Trinajstić information content (AvgIpc) is 2.85. The number of urea groups is 1.